The Labute approximate surface area is 139 Å². The highest BCUT2D eigenvalue weighted by Gasteiger charge is 2.30. The Hall–Kier alpha value is -0.980. The minimum atomic E-state index is -0.438. The molecule has 1 unspecified atom stereocenters. The molecule has 0 N–H and O–H groups in total. The van der Waals surface area contributed by atoms with Crippen molar-refractivity contribution in [2.75, 3.05) is 19.7 Å². The molecule has 0 aromatic heterocycles. The maximum absolute atomic E-state index is 12.0. The van der Waals surface area contributed by atoms with Crippen molar-refractivity contribution in [3.8, 4) is 5.75 Å². The largest absolute Gasteiger partial charge is 0.493 e. The normalized spacial score (nSPS) is 18.7. The van der Waals surface area contributed by atoms with E-state index < -0.39 is 5.60 Å². The van der Waals surface area contributed by atoms with Crippen LogP contribution in [0.2, 0.25) is 0 Å². The van der Waals surface area contributed by atoms with Gasteiger partial charge in [0, 0.05) is 22.6 Å². The molecule has 1 aromatic rings. The fraction of sp³-hybridized carbons (Fsp3) is 0.562. The van der Waals surface area contributed by atoms with Gasteiger partial charge in [-0.25, -0.2) is 4.79 Å². The molecule has 0 spiro atoms. The van der Waals surface area contributed by atoms with Crippen LogP contribution in [0.15, 0.2) is 24.3 Å². The molecular weight excluding hydrogens is 381 g/mol. The monoisotopic (exact) mass is 403 g/mol. The van der Waals surface area contributed by atoms with E-state index in [0.717, 1.165) is 22.3 Å². The third kappa shape index (κ3) is 5.37. The average molecular weight is 403 g/mol. The van der Waals surface area contributed by atoms with Gasteiger partial charge in [0.1, 0.15) is 11.4 Å². The van der Waals surface area contributed by atoms with Gasteiger partial charge >= 0.3 is 6.09 Å². The topological polar surface area (TPSA) is 38.8 Å². The molecule has 1 aromatic carbocycles. The van der Waals surface area contributed by atoms with Crippen LogP contribution in [0.25, 0.3) is 0 Å². The minimum absolute atomic E-state index is 0.223. The first-order valence-electron chi connectivity index (χ1n) is 7.20. The Balaban J connectivity index is 1.79. The van der Waals surface area contributed by atoms with Crippen LogP contribution in [0.1, 0.15) is 27.2 Å². The van der Waals surface area contributed by atoms with E-state index in [2.05, 4.69) is 22.6 Å². The summed E-state index contributed by atoms with van der Waals surface area (Å²) in [4.78, 5) is 13.8. The highest BCUT2D eigenvalue weighted by atomic mass is 127. The lowest BCUT2D eigenvalue weighted by atomic mass is 10.1. The Morgan fingerprint density at radius 3 is 2.86 bits per heavy atom. The summed E-state index contributed by atoms with van der Waals surface area (Å²) in [5, 5.41) is 0. The Bertz CT molecular complexity index is 499. The van der Waals surface area contributed by atoms with Gasteiger partial charge in [0.15, 0.2) is 0 Å². The number of likely N-dealkylation sites (tertiary alicyclic amines) is 1. The second-order valence-electron chi connectivity index (χ2n) is 6.35. The first-order valence-corrected chi connectivity index (χ1v) is 8.28. The lowest BCUT2D eigenvalue weighted by molar-refractivity contribution is 0.0285. The average Bonchev–Trinajstić information content (AvgIpc) is 2.83. The second-order valence-corrected chi connectivity index (χ2v) is 7.60. The molecule has 1 heterocycles. The number of carbonyl (C=O) groups is 1. The summed E-state index contributed by atoms with van der Waals surface area (Å²) < 4.78 is 12.4. The molecule has 0 aliphatic carbocycles. The number of rotatable bonds is 3. The number of benzene rings is 1. The number of hydrogen-bond donors (Lipinski definition) is 0. The van der Waals surface area contributed by atoms with E-state index in [4.69, 9.17) is 9.47 Å². The maximum atomic E-state index is 12.0. The standard InChI is InChI=1S/C16H22INO3/c1-16(2,3)21-15(19)18-8-7-12(10-18)11-20-14-6-4-5-13(17)9-14/h4-6,9,12H,7-8,10-11H2,1-3H3. The lowest BCUT2D eigenvalue weighted by Gasteiger charge is -2.24. The van der Waals surface area contributed by atoms with Crippen LogP contribution in [-0.4, -0.2) is 36.3 Å². The number of carbonyl (C=O) groups excluding carboxylic acids is 1. The zero-order chi connectivity index (χ0) is 15.5. The smallest absolute Gasteiger partial charge is 0.410 e. The highest BCUT2D eigenvalue weighted by Crippen LogP contribution is 2.21. The van der Waals surface area contributed by atoms with Gasteiger partial charge < -0.3 is 14.4 Å². The summed E-state index contributed by atoms with van der Waals surface area (Å²) in [5.74, 6) is 1.26. The molecule has 1 saturated heterocycles. The van der Waals surface area contributed by atoms with Gasteiger partial charge in [0.05, 0.1) is 6.61 Å². The number of amides is 1. The van der Waals surface area contributed by atoms with E-state index in [9.17, 15) is 4.79 Å². The van der Waals surface area contributed by atoms with Crippen LogP contribution in [0.5, 0.6) is 5.75 Å². The van der Waals surface area contributed by atoms with Crippen LogP contribution < -0.4 is 4.74 Å². The third-order valence-electron chi connectivity index (χ3n) is 3.22. The molecule has 0 bridgehead atoms. The molecule has 116 valence electrons. The molecule has 1 aliphatic heterocycles. The van der Waals surface area contributed by atoms with Crippen molar-refractivity contribution >= 4 is 28.7 Å². The van der Waals surface area contributed by atoms with E-state index in [1.165, 1.54) is 0 Å². The molecule has 21 heavy (non-hydrogen) atoms. The Kier molecular flexibility index (Phi) is 5.35. The first-order chi connectivity index (χ1) is 9.83. The van der Waals surface area contributed by atoms with Crippen molar-refractivity contribution in [2.24, 2.45) is 5.92 Å². The zero-order valence-electron chi connectivity index (χ0n) is 12.8. The van der Waals surface area contributed by atoms with Crippen molar-refractivity contribution in [3.05, 3.63) is 27.8 Å². The number of halogens is 1. The van der Waals surface area contributed by atoms with Gasteiger partial charge in [-0.05, 0) is 68.0 Å². The van der Waals surface area contributed by atoms with E-state index >= 15 is 0 Å². The van der Waals surface area contributed by atoms with E-state index in [1.807, 2.05) is 45.0 Å². The molecule has 1 atom stereocenters. The maximum Gasteiger partial charge on any atom is 0.410 e. The summed E-state index contributed by atoms with van der Waals surface area (Å²) >= 11 is 2.27. The predicted molar refractivity (Wildman–Crippen MR) is 90.6 cm³/mol. The van der Waals surface area contributed by atoms with Gasteiger partial charge in [-0.3, -0.25) is 0 Å². The van der Waals surface area contributed by atoms with Crippen molar-refractivity contribution in [3.63, 3.8) is 0 Å². The fourth-order valence-electron chi connectivity index (χ4n) is 2.23. The SMILES string of the molecule is CC(C)(C)OC(=O)N1CCC(COc2cccc(I)c2)C1. The number of ether oxygens (including phenoxy) is 2. The lowest BCUT2D eigenvalue weighted by Crippen LogP contribution is -2.35. The van der Waals surface area contributed by atoms with Gasteiger partial charge in [-0.15, -0.1) is 0 Å². The molecule has 5 heteroatoms. The first kappa shape index (κ1) is 16.4. The quantitative estimate of drug-likeness (QED) is 0.719. The van der Waals surface area contributed by atoms with Crippen molar-refractivity contribution in [1.82, 2.24) is 4.90 Å². The van der Waals surface area contributed by atoms with Crippen LogP contribution in [0.4, 0.5) is 4.79 Å². The summed E-state index contributed by atoms with van der Waals surface area (Å²) in [6.07, 6.45) is 0.739. The van der Waals surface area contributed by atoms with Crippen LogP contribution in [0, 0.1) is 9.49 Å². The van der Waals surface area contributed by atoms with Crippen LogP contribution in [0.3, 0.4) is 0 Å². The van der Waals surface area contributed by atoms with Gasteiger partial charge in [-0.2, -0.15) is 0 Å². The van der Waals surface area contributed by atoms with Gasteiger partial charge in [0.2, 0.25) is 0 Å². The highest BCUT2D eigenvalue weighted by molar-refractivity contribution is 14.1. The Morgan fingerprint density at radius 2 is 2.19 bits per heavy atom. The zero-order valence-corrected chi connectivity index (χ0v) is 14.9. The second kappa shape index (κ2) is 6.85. The summed E-state index contributed by atoms with van der Waals surface area (Å²) in [6.45, 7) is 7.75. The molecule has 1 fully saturated rings. The third-order valence-corrected chi connectivity index (χ3v) is 3.89. The molecule has 4 nitrogen and oxygen atoms in total. The molecule has 0 radical (unpaired) electrons. The van der Waals surface area contributed by atoms with E-state index in [-0.39, 0.29) is 6.09 Å². The molecular formula is C16H22INO3. The van der Waals surface area contributed by atoms with Crippen molar-refractivity contribution < 1.29 is 14.3 Å². The summed E-state index contributed by atoms with van der Waals surface area (Å²) in [7, 11) is 0. The Morgan fingerprint density at radius 1 is 1.43 bits per heavy atom. The fourth-order valence-corrected chi connectivity index (χ4v) is 2.75. The van der Waals surface area contributed by atoms with Gasteiger partial charge in [0.25, 0.3) is 0 Å². The summed E-state index contributed by atoms with van der Waals surface area (Å²) in [6, 6.07) is 8.00. The number of nitrogens with zero attached hydrogens (tertiary/aromatic N) is 1. The van der Waals surface area contributed by atoms with E-state index in [0.29, 0.717) is 19.1 Å². The predicted octanol–water partition coefficient (Wildman–Crippen LogP) is 3.93. The number of hydrogen-bond acceptors (Lipinski definition) is 3. The molecule has 1 aliphatic rings. The van der Waals surface area contributed by atoms with Crippen LogP contribution >= 0.6 is 22.6 Å². The van der Waals surface area contributed by atoms with Gasteiger partial charge in [-0.1, -0.05) is 6.07 Å². The molecule has 2 rings (SSSR count). The van der Waals surface area contributed by atoms with Crippen molar-refractivity contribution in [1.29, 1.82) is 0 Å². The molecule has 1 amide bonds. The molecule has 0 saturated carbocycles. The van der Waals surface area contributed by atoms with E-state index in [1.54, 1.807) is 4.90 Å². The van der Waals surface area contributed by atoms with Crippen LogP contribution in [-0.2, 0) is 4.74 Å². The minimum Gasteiger partial charge on any atom is -0.493 e. The summed E-state index contributed by atoms with van der Waals surface area (Å²) in [5.41, 5.74) is -0.438. The van der Waals surface area contributed by atoms with Crippen molar-refractivity contribution in [2.45, 2.75) is 32.8 Å².